The van der Waals surface area contributed by atoms with Crippen LogP contribution in [0.1, 0.15) is 47.3 Å². The second-order valence-corrected chi connectivity index (χ2v) is 9.11. The number of aryl methyl sites for hydroxylation is 1. The van der Waals surface area contributed by atoms with Crippen LogP contribution >= 0.6 is 0 Å². The van der Waals surface area contributed by atoms with Gasteiger partial charge in [-0.1, -0.05) is 50.2 Å². The van der Waals surface area contributed by atoms with Crippen LogP contribution in [0.4, 0.5) is 0 Å². The molecule has 8 nitrogen and oxygen atoms in total. The van der Waals surface area contributed by atoms with Crippen molar-refractivity contribution in [1.29, 1.82) is 0 Å². The largest absolute Gasteiger partial charge is 0.503 e. The van der Waals surface area contributed by atoms with Gasteiger partial charge in [-0.05, 0) is 55.4 Å². The molecule has 4 rings (SSSR count). The van der Waals surface area contributed by atoms with Crippen molar-refractivity contribution in [3.05, 3.63) is 94.6 Å². The molecule has 1 aliphatic rings. The standard InChI is InChI=1S/C30H34N2O6/c1-5-31(6-2)16-17-32-27(26(29(34)30(32)35)28(33)24-14-12-20(3)38-24)22-13-15-23(25(18-22)36-4)37-19-21-10-8-7-9-11-21/h7-15,18,27,34H,5-6,16-17,19H2,1-4H3. The normalized spacial score (nSPS) is 15.4. The van der Waals surface area contributed by atoms with Crippen LogP contribution in [-0.2, 0) is 11.4 Å². The lowest BCUT2D eigenvalue weighted by Gasteiger charge is -2.29. The van der Waals surface area contributed by atoms with Crippen molar-refractivity contribution in [1.82, 2.24) is 9.80 Å². The van der Waals surface area contributed by atoms with Crippen molar-refractivity contribution in [2.45, 2.75) is 33.4 Å². The molecule has 1 unspecified atom stereocenters. The van der Waals surface area contributed by atoms with Gasteiger partial charge in [-0.3, -0.25) is 9.59 Å². The van der Waals surface area contributed by atoms with E-state index in [1.54, 1.807) is 37.3 Å². The number of benzene rings is 2. The van der Waals surface area contributed by atoms with Crippen LogP contribution in [0, 0.1) is 6.92 Å². The highest BCUT2D eigenvalue weighted by molar-refractivity contribution is 6.15. The zero-order valence-electron chi connectivity index (χ0n) is 22.3. The molecule has 1 aliphatic heterocycles. The molecule has 2 aromatic carbocycles. The summed E-state index contributed by atoms with van der Waals surface area (Å²) in [4.78, 5) is 30.5. The Bertz CT molecular complexity index is 1310. The van der Waals surface area contributed by atoms with Crippen molar-refractivity contribution in [2.75, 3.05) is 33.3 Å². The summed E-state index contributed by atoms with van der Waals surface area (Å²) in [5, 5.41) is 10.9. The molecule has 200 valence electrons. The number of carbonyl (C=O) groups is 2. The van der Waals surface area contributed by atoms with Crippen molar-refractivity contribution in [2.24, 2.45) is 0 Å². The van der Waals surface area contributed by atoms with E-state index in [1.807, 2.05) is 30.3 Å². The minimum atomic E-state index is -0.812. The number of Topliss-reactive ketones (excluding diaryl/α,β-unsaturated/α-hetero) is 1. The maximum atomic E-state index is 13.5. The summed E-state index contributed by atoms with van der Waals surface area (Å²) in [7, 11) is 1.54. The fraction of sp³-hybridized carbons (Fsp3) is 0.333. The summed E-state index contributed by atoms with van der Waals surface area (Å²) in [5.41, 5.74) is 1.62. The first kappa shape index (κ1) is 27.0. The van der Waals surface area contributed by atoms with E-state index < -0.39 is 23.5 Å². The SMILES string of the molecule is CCN(CC)CCN1C(=O)C(O)=C(C(=O)c2ccc(C)o2)C1c1ccc(OCc2ccccc2)c(OC)c1. The number of ether oxygens (including phenoxy) is 2. The zero-order valence-corrected chi connectivity index (χ0v) is 22.3. The molecule has 1 aromatic heterocycles. The topological polar surface area (TPSA) is 92.5 Å². The molecule has 0 radical (unpaired) electrons. The van der Waals surface area contributed by atoms with Crippen molar-refractivity contribution < 1.29 is 28.6 Å². The summed E-state index contributed by atoms with van der Waals surface area (Å²) < 4.78 is 17.2. The first-order chi connectivity index (χ1) is 18.4. The molecule has 3 aromatic rings. The molecule has 0 fully saturated rings. The predicted octanol–water partition coefficient (Wildman–Crippen LogP) is 5.10. The van der Waals surface area contributed by atoms with Gasteiger partial charge in [0.1, 0.15) is 12.4 Å². The summed E-state index contributed by atoms with van der Waals surface area (Å²) >= 11 is 0. The van der Waals surface area contributed by atoms with E-state index in [0.717, 1.165) is 18.7 Å². The average molecular weight is 519 g/mol. The summed E-state index contributed by atoms with van der Waals surface area (Å²) in [5.74, 6) is -0.0447. The molecule has 2 heterocycles. The number of hydrogen-bond donors (Lipinski definition) is 1. The van der Waals surface area contributed by atoms with E-state index in [1.165, 1.54) is 12.0 Å². The third-order valence-electron chi connectivity index (χ3n) is 6.80. The Morgan fingerprint density at radius 3 is 2.42 bits per heavy atom. The number of aliphatic hydroxyl groups excluding tert-OH is 1. The number of ketones is 1. The molecule has 1 amide bonds. The Hall–Kier alpha value is -4.04. The number of aliphatic hydroxyl groups is 1. The fourth-order valence-corrected chi connectivity index (χ4v) is 4.65. The monoisotopic (exact) mass is 518 g/mol. The lowest BCUT2D eigenvalue weighted by molar-refractivity contribution is -0.129. The van der Waals surface area contributed by atoms with Gasteiger partial charge in [0.2, 0.25) is 5.78 Å². The Kier molecular flexibility index (Phi) is 8.53. The van der Waals surface area contributed by atoms with Gasteiger partial charge in [0, 0.05) is 13.1 Å². The Morgan fingerprint density at radius 1 is 1.05 bits per heavy atom. The van der Waals surface area contributed by atoms with Crippen molar-refractivity contribution in [3.63, 3.8) is 0 Å². The molecule has 1 N–H and O–H groups in total. The van der Waals surface area contributed by atoms with E-state index in [2.05, 4.69) is 18.7 Å². The Labute approximate surface area is 223 Å². The molecule has 0 saturated heterocycles. The Morgan fingerprint density at radius 2 is 1.79 bits per heavy atom. The van der Waals surface area contributed by atoms with Gasteiger partial charge in [-0.15, -0.1) is 0 Å². The first-order valence-electron chi connectivity index (χ1n) is 12.8. The minimum absolute atomic E-state index is 0.0103. The third-order valence-corrected chi connectivity index (χ3v) is 6.80. The van der Waals surface area contributed by atoms with Crippen LogP contribution in [0.2, 0.25) is 0 Å². The molecule has 0 saturated carbocycles. The number of amides is 1. The highest BCUT2D eigenvalue weighted by Gasteiger charge is 2.44. The lowest BCUT2D eigenvalue weighted by Crippen LogP contribution is -2.38. The number of nitrogens with zero attached hydrogens (tertiary/aromatic N) is 2. The van der Waals surface area contributed by atoms with Gasteiger partial charge in [-0.2, -0.15) is 0 Å². The quantitative estimate of drug-likeness (QED) is 0.334. The highest BCUT2D eigenvalue weighted by atomic mass is 16.5. The summed E-state index contributed by atoms with van der Waals surface area (Å²) in [6.07, 6.45) is 0. The molecule has 0 spiro atoms. The van der Waals surface area contributed by atoms with Crippen LogP contribution in [0.15, 0.2) is 76.4 Å². The van der Waals surface area contributed by atoms with Crippen LogP contribution in [0.5, 0.6) is 11.5 Å². The van der Waals surface area contributed by atoms with Crippen LogP contribution in [0.25, 0.3) is 0 Å². The fourth-order valence-electron chi connectivity index (χ4n) is 4.65. The molecule has 0 aliphatic carbocycles. The average Bonchev–Trinajstić information content (AvgIpc) is 3.49. The second kappa shape index (κ2) is 12.0. The summed E-state index contributed by atoms with van der Waals surface area (Å²) in [6.45, 7) is 8.76. The van der Waals surface area contributed by atoms with E-state index >= 15 is 0 Å². The number of rotatable bonds is 12. The van der Waals surface area contributed by atoms with Gasteiger partial charge in [0.05, 0.1) is 18.7 Å². The predicted molar refractivity (Wildman–Crippen MR) is 143 cm³/mol. The second-order valence-electron chi connectivity index (χ2n) is 9.11. The number of likely N-dealkylation sites (N-methyl/N-ethyl adjacent to an activating group) is 1. The molecule has 0 bridgehead atoms. The molecular weight excluding hydrogens is 484 g/mol. The lowest BCUT2D eigenvalue weighted by atomic mass is 9.94. The minimum Gasteiger partial charge on any atom is -0.503 e. The van der Waals surface area contributed by atoms with E-state index in [9.17, 15) is 14.7 Å². The zero-order chi connectivity index (χ0) is 27.2. The van der Waals surface area contributed by atoms with Crippen molar-refractivity contribution >= 4 is 11.7 Å². The molecular formula is C30H34N2O6. The molecule has 8 heteroatoms. The number of hydrogen-bond acceptors (Lipinski definition) is 7. The van der Waals surface area contributed by atoms with E-state index in [0.29, 0.717) is 42.5 Å². The van der Waals surface area contributed by atoms with Crippen LogP contribution in [-0.4, -0.2) is 59.9 Å². The number of carbonyl (C=O) groups excluding carboxylic acids is 2. The van der Waals surface area contributed by atoms with Crippen LogP contribution < -0.4 is 9.47 Å². The van der Waals surface area contributed by atoms with Crippen molar-refractivity contribution in [3.8, 4) is 11.5 Å². The number of methoxy groups -OCH3 is 1. The van der Waals surface area contributed by atoms with E-state index in [-0.39, 0.29) is 11.3 Å². The maximum Gasteiger partial charge on any atom is 0.290 e. The highest BCUT2D eigenvalue weighted by Crippen LogP contribution is 2.42. The third kappa shape index (κ3) is 5.60. The van der Waals surface area contributed by atoms with Gasteiger partial charge < -0.3 is 28.8 Å². The van der Waals surface area contributed by atoms with Crippen LogP contribution in [0.3, 0.4) is 0 Å². The maximum absolute atomic E-state index is 13.5. The van der Waals surface area contributed by atoms with Gasteiger partial charge >= 0.3 is 0 Å². The summed E-state index contributed by atoms with van der Waals surface area (Å²) in [6, 6.07) is 17.5. The van der Waals surface area contributed by atoms with Gasteiger partial charge in [0.15, 0.2) is 23.0 Å². The Balaban J connectivity index is 1.70. The van der Waals surface area contributed by atoms with Gasteiger partial charge in [-0.25, -0.2) is 0 Å². The smallest absolute Gasteiger partial charge is 0.290 e. The number of furan rings is 1. The first-order valence-corrected chi connectivity index (χ1v) is 12.8. The van der Waals surface area contributed by atoms with Gasteiger partial charge in [0.25, 0.3) is 5.91 Å². The molecule has 1 atom stereocenters. The van der Waals surface area contributed by atoms with E-state index in [4.69, 9.17) is 13.9 Å². The molecule has 38 heavy (non-hydrogen) atoms.